The lowest BCUT2D eigenvalue weighted by molar-refractivity contribution is -0.120. The van der Waals surface area contributed by atoms with Crippen molar-refractivity contribution in [2.75, 3.05) is 14.2 Å². The van der Waals surface area contributed by atoms with E-state index in [2.05, 4.69) is 42.8 Å². The maximum atomic E-state index is 14.3. The maximum Gasteiger partial charge on any atom is 0.337 e. The van der Waals surface area contributed by atoms with E-state index in [0.717, 1.165) is 59.2 Å². The van der Waals surface area contributed by atoms with Gasteiger partial charge in [0.1, 0.15) is 5.75 Å². The quantitative estimate of drug-likeness (QED) is 0.315. The number of nitrogens with one attached hydrogen (secondary N) is 1. The Hall–Kier alpha value is -3.58. The summed E-state index contributed by atoms with van der Waals surface area (Å²) in [4.78, 5) is 26.9. The van der Waals surface area contributed by atoms with Gasteiger partial charge in [0.2, 0.25) is 5.91 Å². The standard InChI is InChI=1S/C37H44N2O5/c1-36(2)28-15-16-37(36,3)33(40)31(28)38-34(41)24-17-23-18-25(43-4)12-14-26(23)32-30(21-9-7-6-8-10-21)27-13-11-22(35(42)44-5)19-29(27)39(32)20-24/h11-14,17-19,21,28,31,33,40H,6-10,15-16,20H2,1-5H3,(H,38,41)/t28?,31-,33-,37?/m1/s1. The van der Waals surface area contributed by atoms with E-state index in [1.807, 2.05) is 30.3 Å². The van der Waals surface area contributed by atoms with Crippen LogP contribution in [0, 0.1) is 16.7 Å². The number of hydrogen-bond acceptors (Lipinski definition) is 5. The minimum absolute atomic E-state index is 0.0643. The van der Waals surface area contributed by atoms with Crippen molar-refractivity contribution in [1.82, 2.24) is 9.88 Å². The predicted molar refractivity (Wildman–Crippen MR) is 172 cm³/mol. The number of amides is 1. The number of benzene rings is 2. The molecule has 2 heterocycles. The number of ether oxygens (including phenoxy) is 2. The van der Waals surface area contributed by atoms with Crippen LogP contribution < -0.4 is 10.1 Å². The van der Waals surface area contributed by atoms with Crippen LogP contribution in [-0.4, -0.2) is 47.9 Å². The van der Waals surface area contributed by atoms with Gasteiger partial charge in [-0.3, -0.25) is 4.79 Å². The Morgan fingerprint density at radius 1 is 1.00 bits per heavy atom. The van der Waals surface area contributed by atoms with Gasteiger partial charge in [0.05, 0.1) is 44.2 Å². The zero-order chi connectivity index (χ0) is 31.0. The molecule has 1 amide bonds. The predicted octanol–water partition coefficient (Wildman–Crippen LogP) is 6.85. The van der Waals surface area contributed by atoms with Crippen molar-refractivity contribution < 1.29 is 24.2 Å². The Labute approximate surface area is 259 Å². The van der Waals surface area contributed by atoms with Crippen LogP contribution in [0.4, 0.5) is 0 Å². The molecule has 1 aromatic heterocycles. The van der Waals surface area contributed by atoms with E-state index in [-0.39, 0.29) is 34.7 Å². The van der Waals surface area contributed by atoms with Gasteiger partial charge in [0.15, 0.2) is 0 Å². The van der Waals surface area contributed by atoms with Crippen molar-refractivity contribution in [2.45, 2.75) is 90.3 Å². The van der Waals surface area contributed by atoms with E-state index < -0.39 is 6.10 Å². The Balaban J connectivity index is 1.38. The van der Waals surface area contributed by atoms with Gasteiger partial charge in [0, 0.05) is 27.5 Å². The highest BCUT2D eigenvalue weighted by molar-refractivity contribution is 6.03. The van der Waals surface area contributed by atoms with Crippen molar-refractivity contribution in [3.05, 3.63) is 58.7 Å². The second kappa shape index (κ2) is 10.5. The molecule has 232 valence electrons. The zero-order valence-electron chi connectivity index (χ0n) is 26.5. The molecule has 7 nitrogen and oxygen atoms in total. The van der Waals surface area contributed by atoms with Crippen molar-refractivity contribution in [3.8, 4) is 17.0 Å². The first-order valence-electron chi connectivity index (χ1n) is 16.2. The molecule has 44 heavy (non-hydrogen) atoms. The summed E-state index contributed by atoms with van der Waals surface area (Å²) in [6, 6.07) is 11.6. The second-order valence-corrected chi connectivity index (χ2v) is 14.3. The number of fused-ring (bicyclic) bond motifs is 7. The molecule has 7 rings (SSSR count). The molecule has 4 aliphatic rings. The minimum Gasteiger partial charge on any atom is -0.497 e. The molecular formula is C37H44N2O5. The lowest BCUT2D eigenvalue weighted by Gasteiger charge is -2.37. The number of carbonyl (C=O) groups excluding carboxylic acids is 2. The molecule has 3 fully saturated rings. The molecular weight excluding hydrogens is 552 g/mol. The number of carbonyl (C=O) groups is 2. The number of esters is 1. The van der Waals surface area contributed by atoms with Crippen LogP contribution in [0.5, 0.6) is 5.75 Å². The number of aromatic nitrogens is 1. The largest absolute Gasteiger partial charge is 0.497 e. The first-order valence-corrected chi connectivity index (χ1v) is 16.2. The second-order valence-electron chi connectivity index (χ2n) is 14.3. The van der Waals surface area contributed by atoms with E-state index in [0.29, 0.717) is 23.6 Å². The third-order valence-electron chi connectivity index (χ3n) is 12.1. The first kappa shape index (κ1) is 29.1. The summed E-state index contributed by atoms with van der Waals surface area (Å²) >= 11 is 0. The topological polar surface area (TPSA) is 89.8 Å². The summed E-state index contributed by atoms with van der Waals surface area (Å²) in [6.07, 6.45) is 9.24. The van der Waals surface area contributed by atoms with Gasteiger partial charge in [-0.2, -0.15) is 0 Å². The molecule has 2 aromatic carbocycles. The number of rotatable bonds is 5. The van der Waals surface area contributed by atoms with Crippen LogP contribution in [0.3, 0.4) is 0 Å². The number of methoxy groups -OCH3 is 2. The monoisotopic (exact) mass is 596 g/mol. The third kappa shape index (κ3) is 4.18. The molecule has 7 heteroatoms. The molecule has 2 unspecified atom stereocenters. The number of aliphatic hydroxyl groups is 1. The Morgan fingerprint density at radius 2 is 1.77 bits per heavy atom. The fourth-order valence-electron chi connectivity index (χ4n) is 9.18. The fraction of sp³-hybridized carbons (Fsp3) is 0.514. The molecule has 1 aliphatic heterocycles. The Kier molecular flexibility index (Phi) is 6.96. The van der Waals surface area contributed by atoms with Gasteiger partial charge in [0.25, 0.3) is 0 Å². The summed E-state index contributed by atoms with van der Waals surface area (Å²) in [6.45, 7) is 6.98. The number of nitrogens with zero attached hydrogens (tertiary/aromatic N) is 1. The van der Waals surface area contributed by atoms with Crippen molar-refractivity contribution in [2.24, 2.45) is 16.7 Å². The molecule has 4 atom stereocenters. The van der Waals surface area contributed by atoms with E-state index in [4.69, 9.17) is 9.47 Å². The van der Waals surface area contributed by atoms with Gasteiger partial charge in [-0.1, -0.05) is 46.1 Å². The van der Waals surface area contributed by atoms with Gasteiger partial charge in [-0.25, -0.2) is 4.79 Å². The lowest BCUT2D eigenvalue weighted by Crippen LogP contribution is -2.49. The Bertz CT molecular complexity index is 1690. The van der Waals surface area contributed by atoms with Crippen molar-refractivity contribution in [1.29, 1.82) is 0 Å². The first-order chi connectivity index (χ1) is 21.1. The summed E-state index contributed by atoms with van der Waals surface area (Å²) in [5, 5.41) is 15.9. The maximum absolute atomic E-state index is 14.3. The van der Waals surface area contributed by atoms with E-state index in [9.17, 15) is 14.7 Å². The van der Waals surface area contributed by atoms with Crippen LogP contribution in [0.15, 0.2) is 42.0 Å². The van der Waals surface area contributed by atoms with Crippen LogP contribution >= 0.6 is 0 Å². The van der Waals surface area contributed by atoms with Crippen LogP contribution in [0.1, 0.15) is 93.1 Å². The van der Waals surface area contributed by atoms with E-state index in [1.165, 1.54) is 31.9 Å². The van der Waals surface area contributed by atoms with E-state index in [1.54, 1.807) is 7.11 Å². The van der Waals surface area contributed by atoms with Gasteiger partial charge < -0.3 is 24.5 Å². The molecule has 3 saturated carbocycles. The highest BCUT2D eigenvalue weighted by Crippen LogP contribution is 2.65. The summed E-state index contributed by atoms with van der Waals surface area (Å²) in [7, 11) is 3.06. The summed E-state index contributed by atoms with van der Waals surface area (Å²) in [5.41, 5.74) is 6.15. The normalized spacial score (nSPS) is 27.3. The molecule has 3 aromatic rings. The lowest BCUT2D eigenvalue weighted by atomic mass is 9.70. The third-order valence-corrected chi connectivity index (χ3v) is 12.1. The van der Waals surface area contributed by atoms with Gasteiger partial charge >= 0.3 is 5.97 Å². The molecule has 2 bridgehead atoms. The number of aliphatic hydroxyl groups excluding tert-OH is 1. The molecule has 0 spiro atoms. The summed E-state index contributed by atoms with van der Waals surface area (Å²) in [5.74, 6) is 0.801. The van der Waals surface area contributed by atoms with Crippen LogP contribution in [0.25, 0.3) is 28.2 Å². The van der Waals surface area contributed by atoms with Crippen LogP contribution in [-0.2, 0) is 16.1 Å². The molecule has 0 saturated heterocycles. The molecule has 3 aliphatic carbocycles. The highest BCUT2D eigenvalue weighted by atomic mass is 16.5. The minimum atomic E-state index is -0.595. The van der Waals surface area contributed by atoms with Gasteiger partial charge in [-0.15, -0.1) is 0 Å². The fourth-order valence-corrected chi connectivity index (χ4v) is 9.18. The van der Waals surface area contributed by atoms with Crippen molar-refractivity contribution >= 4 is 28.9 Å². The SMILES string of the molecule is COC(=O)c1ccc2c(C3CCCCC3)c3n(c2c1)CC(C(=O)N[C@@H]1C2CCC(C)([C@@H]1O)C2(C)C)=Cc1cc(OC)ccc1-3. The molecule has 2 N–H and O–H groups in total. The Morgan fingerprint density at radius 3 is 2.45 bits per heavy atom. The van der Waals surface area contributed by atoms with Crippen molar-refractivity contribution in [3.63, 3.8) is 0 Å². The smallest absolute Gasteiger partial charge is 0.337 e. The van der Waals surface area contributed by atoms with E-state index >= 15 is 0 Å². The molecule has 0 radical (unpaired) electrons. The number of hydrogen-bond donors (Lipinski definition) is 2. The van der Waals surface area contributed by atoms with Gasteiger partial charge in [-0.05, 0) is 90.5 Å². The average molecular weight is 597 g/mol. The highest BCUT2D eigenvalue weighted by Gasteiger charge is 2.66. The average Bonchev–Trinajstić information content (AvgIpc) is 3.45. The zero-order valence-corrected chi connectivity index (χ0v) is 26.5. The summed E-state index contributed by atoms with van der Waals surface area (Å²) < 4.78 is 13.0. The van der Waals surface area contributed by atoms with Crippen LogP contribution in [0.2, 0.25) is 0 Å².